The topological polar surface area (TPSA) is 65.8 Å². The first-order chi connectivity index (χ1) is 7.17. The molecule has 0 saturated carbocycles. The van der Waals surface area contributed by atoms with Gasteiger partial charge in [-0.1, -0.05) is 5.92 Å². The van der Waals surface area contributed by atoms with Crippen LogP contribution >= 0.6 is 0 Å². The number of carbonyl (C=O) groups excluding carboxylic acids is 1. The Morgan fingerprint density at radius 1 is 1.67 bits per heavy atom. The first-order valence-electron chi connectivity index (χ1n) is 4.30. The minimum atomic E-state index is -0.343. The maximum atomic E-state index is 11.5. The molecule has 1 aromatic rings. The second kappa shape index (κ2) is 4.78. The Labute approximate surface area is 87.9 Å². The lowest BCUT2D eigenvalue weighted by Crippen LogP contribution is -2.31. The third-order valence-corrected chi connectivity index (χ3v) is 1.72. The molecule has 1 heterocycles. The van der Waals surface area contributed by atoms with E-state index in [4.69, 9.17) is 11.7 Å². The third kappa shape index (κ3) is 2.82. The van der Waals surface area contributed by atoms with Crippen molar-refractivity contribution in [1.82, 2.24) is 10.3 Å². The number of terminal acetylenes is 1. The molecule has 1 aromatic heterocycles. The summed E-state index contributed by atoms with van der Waals surface area (Å²) in [5.74, 6) is 2.03. The maximum Gasteiger partial charge on any atom is 0.270 e. The van der Waals surface area contributed by atoms with Crippen LogP contribution in [0.15, 0.2) is 18.3 Å². The predicted molar refractivity (Wildman–Crippen MR) is 54.7 cm³/mol. The van der Waals surface area contributed by atoms with Gasteiger partial charge in [0.1, 0.15) is 11.8 Å². The number of rotatable bonds is 2. The highest BCUT2D eigenvalue weighted by molar-refractivity contribution is 5.92. The Kier molecular flexibility index (Phi) is 3.43. The van der Waals surface area contributed by atoms with E-state index < -0.39 is 0 Å². The van der Waals surface area contributed by atoms with Gasteiger partial charge in [0.05, 0.1) is 11.6 Å². The van der Waals surface area contributed by atoms with Crippen molar-refractivity contribution in [2.24, 2.45) is 0 Å². The quantitative estimate of drug-likeness (QED) is 0.713. The Bertz CT molecular complexity index is 436. The molecule has 0 aliphatic rings. The number of carbonyl (C=O) groups is 1. The Balaban J connectivity index is 2.76. The van der Waals surface area contributed by atoms with Gasteiger partial charge in [0.2, 0.25) is 0 Å². The van der Waals surface area contributed by atoms with E-state index in [1.807, 2.05) is 6.07 Å². The van der Waals surface area contributed by atoms with Gasteiger partial charge in [0.25, 0.3) is 5.91 Å². The van der Waals surface area contributed by atoms with Crippen molar-refractivity contribution in [2.45, 2.75) is 13.0 Å². The fourth-order valence-electron chi connectivity index (χ4n) is 0.907. The predicted octanol–water partition coefficient (Wildman–Crippen LogP) is 0.705. The van der Waals surface area contributed by atoms with E-state index in [-0.39, 0.29) is 17.6 Å². The molecule has 1 unspecified atom stereocenters. The van der Waals surface area contributed by atoms with Crippen LogP contribution < -0.4 is 5.32 Å². The summed E-state index contributed by atoms with van der Waals surface area (Å²) in [5, 5.41) is 11.1. The largest absolute Gasteiger partial charge is 0.337 e. The van der Waals surface area contributed by atoms with Crippen LogP contribution in [-0.4, -0.2) is 16.9 Å². The molecular formula is C11H9N3O. The first-order valence-corrected chi connectivity index (χ1v) is 4.30. The third-order valence-electron chi connectivity index (χ3n) is 1.72. The lowest BCUT2D eigenvalue weighted by atomic mass is 10.2. The number of amides is 1. The zero-order chi connectivity index (χ0) is 11.3. The Hall–Kier alpha value is -2.33. The summed E-state index contributed by atoms with van der Waals surface area (Å²) in [5.41, 5.74) is 0.660. The number of nitrogens with zero attached hydrogens (tertiary/aromatic N) is 2. The molecule has 0 aromatic carbocycles. The van der Waals surface area contributed by atoms with Crippen molar-refractivity contribution in [2.75, 3.05) is 0 Å². The van der Waals surface area contributed by atoms with Gasteiger partial charge < -0.3 is 5.32 Å². The van der Waals surface area contributed by atoms with E-state index in [9.17, 15) is 4.79 Å². The molecule has 74 valence electrons. The van der Waals surface area contributed by atoms with Gasteiger partial charge in [-0.25, -0.2) is 4.98 Å². The van der Waals surface area contributed by atoms with Crippen molar-refractivity contribution in [3.8, 4) is 18.4 Å². The Morgan fingerprint density at radius 2 is 2.40 bits per heavy atom. The van der Waals surface area contributed by atoms with Crippen molar-refractivity contribution in [3.63, 3.8) is 0 Å². The molecule has 0 bridgehead atoms. The molecule has 0 saturated heterocycles. The van der Waals surface area contributed by atoms with E-state index in [1.54, 1.807) is 6.92 Å². The van der Waals surface area contributed by atoms with Crippen LogP contribution in [0.5, 0.6) is 0 Å². The van der Waals surface area contributed by atoms with E-state index in [1.165, 1.54) is 18.3 Å². The smallest absolute Gasteiger partial charge is 0.270 e. The van der Waals surface area contributed by atoms with E-state index >= 15 is 0 Å². The van der Waals surface area contributed by atoms with Crippen LogP contribution in [0.3, 0.4) is 0 Å². The molecule has 0 aliphatic carbocycles. The number of aromatic nitrogens is 1. The summed E-state index contributed by atoms with van der Waals surface area (Å²) in [6.07, 6.45) is 6.46. The zero-order valence-corrected chi connectivity index (χ0v) is 8.19. The van der Waals surface area contributed by atoms with Crippen LogP contribution in [-0.2, 0) is 0 Å². The summed E-state index contributed by atoms with van der Waals surface area (Å²) in [7, 11) is 0. The van der Waals surface area contributed by atoms with Gasteiger partial charge in [0.15, 0.2) is 0 Å². The summed E-state index contributed by atoms with van der Waals surface area (Å²) in [6.45, 7) is 1.70. The molecule has 0 radical (unpaired) electrons. The molecule has 0 aliphatic heterocycles. The molecular weight excluding hydrogens is 190 g/mol. The summed E-state index contributed by atoms with van der Waals surface area (Å²) >= 11 is 0. The van der Waals surface area contributed by atoms with E-state index in [0.717, 1.165) is 0 Å². The van der Waals surface area contributed by atoms with Crippen LogP contribution in [0.25, 0.3) is 0 Å². The average Bonchev–Trinajstić information content (AvgIpc) is 2.29. The lowest BCUT2D eigenvalue weighted by molar-refractivity contribution is 0.0943. The second-order valence-electron chi connectivity index (χ2n) is 2.91. The lowest BCUT2D eigenvalue weighted by Gasteiger charge is -2.06. The molecule has 15 heavy (non-hydrogen) atoms. The number of nitrogens with one attached hydrogen (secondary N) is 1. The average molecular weight is 199 g/mol. The van der Waals surface area contributed by atoms with Gasteiger partial charge in [-0.15, -0.1) is 6.42 Å². The second-order valence-corrected chi connectivity index (χ2v) is 2.91. The molecule has 1 rings (SSSR count). The van der Waals surface area contributed by atoms with Gasteiger partial charge in [-0.05, 0) is 19.1 Å². The zero-order valence-electron chi connectivity index (χ0n) is 8.19. The SMILES string of the molecule is C#CC(C)NC(=O)c1ccc(C#N)cn1. The summed E-state index contributed by atoms with van der Waals surface area (Å²) < 4.78 is 0. The summed E-state index contributed by atoms with van der Waals surface area (Å²) in [6, 6.07) is 4.59. The van der Waals surface area contributed by atoms with Crippen LogP contribution in [0.1, 0.15) is 23.0 Å². The number of hydrogen-bond donors (Lipinski definition) is 1. The fraction of sp³-hybridized carbons (Fsp3) is 0.182. The van der Waals surface area contributed by atoms with Crippen molar-refractivity contribution in [3.05, 3.63) is 29.6 Å². The summed E-state index contributed by atoms with van der Waals surface area (Å²) in [4.78, 5) is 15.3. The number of nitriles is 1. The molecule has 1 atom stereocenters. The Morgan fingerprint density at radius 3 is 2.87 bits per heavy atom. The molecule has 4 nitrogen and oxygen atoms in total. The molecule has 1 amide bonds. The number of pyridine rings is 1. The highest BCUT2D eigenvalue weighted by Crippen LogP contribution is 1.98. The van der Waals surface area contributed by atoms with Crippen LogP contribution in [0.4, 0.5) is 0 Å². The standard InChI is InChI=1S/C11H9N3O/c1-3-8(2)14-11(15)10-5-4-9(6-12)7-13-10/h1,4-5,7-8H,2H3,(H,14,15). The normalized spacial score (nSPS) is 10.9. The minimum absolute atomic E-state index is 0.246. The fourth-order valence-corrected chi connectivity index (χ4v) is 0.907. The van der Waals surface area contributed by atoms with Crippen molar-refractivity contribution in [1.29, 1.82) is 5.26 Å². The van der Waals surface area contributed by atoms with Gasteiger partial charge in [-0.3, -0.25) is 4.79 Å². The van der Waals surface area contributed by atoms with Crippen molar-refractivity contribution >= 4 is 5.91 Å². The highest BCUT2D eigenvalue weighted by atomic mass is 16.1. The van der Waals surface area contributed by atoms with Crippen LogP contribution in [0, 0.1) is 23.7 Å². The highest BCUT2D eigenvalue weighted by Gasteiger charge is 2.08. The van der Waals surface area contributed by atoms with Crippen molar-refractivity contribution < 1.29 is 4.79 Å². The van der Waals surface area contributed by atoms with Gasteiger partial charge >= 0.3 is 0 Å². The van der Waals surface area contributed by atoms with Crippen LogP contribution in [0.2, 0.25) is 0 Å². The van der Waals surface area contributed by atoms with Gasteiger partial charge in [-0.2, -0.15) is 5.26 Å². The number of hydrogen-bond acceptors (Lipinski definition) is 3. The maximum absolute atomic E-state index is 11.5. The molecule has 4 heteroatoms. The monoisotopic (exact) mass is 199 g/mol. The van der Waals surface area contributed by atoms with Gasteiger partial charge in [0, 0.05) is 6.20 Å². The molecule has 1 N–H and O–H groups in total. The minimum Gasteiger partial charge on any atom is -0.337 e. The van der Waals surface area contributed by atoms with E-state index in [0.29, 0.717) is 5.56 Å². The molecule has 0 spiro atoms. The molecule has 0 fully saturated rings. The van der Waals surface area contributed by atoms with E-state index in [2.05, 4.69) is 16.2 Å². The first kappa shape index (κ1) is 10.7.